The highest BCUT2D eigenvalue weighted by molar-refractivity contribution is 5.94. The maximum Gasteiger partial charge on any atom is 0.454 e. The number of hydrogen-bond donors (Lipinski definition) is 0. The first-order valence-corrected chi connectivity index (χ1v) is 7.30. The van der Waals surface area contributed by atoms with E-state index in [1.807, 2.05) is 7.05 Å². The van der Waals surface area contributed by atoms with Gasteiger partial charge in [0.25, 0.3) is 5.78 Å². The van der Waals surface area contributed by atoms with Gasteiger partial charge in [-0.25, -0.2) is 4.39 Å². The Labute approximate surface area is 132 Å². The van der Waals surface area contributed by atoms with Crippen LogP contribution in [0, 0.1) is 5.82 Å². The lowest BCUT2D eigenvalue weighted by Gasteiger charge is -2.41. The van der Waals surface area contributed by atoms with E-state index in [-0.39, 0.29) is 5.82 Å². The second-order valence-corrected chi connectivity index (χ2v) is 6.03. The van der Waals surface area contributed by atoms with Crippen molar-refractivity contribution in [1.29, 1.82) is 0 Å². The zero-order valence-corrected chi connectivity index (χ0v) is 12.8. The van der Waals surface area contributed by atoms with E-state index < -0.39 is 12.0 Å². The fourth-order valence-corrected chi connectivity index (χ4v) is 2.58. The number of likely N-dealkylation sites (N-methyl/N-ethyl adjacent to an activating group) is 1. The van der Waals surface area contributed by atoms with E-state index in [4.69, 9.17) is 0 Å². The molecular weight excluding hydrogens is 312 g/mol. The van der Waals surface area contributed by atoms with Gasteiger partial charge in [0.1, 0.15) is 12.4 Å². The second kappa shape index (κ2) is 6.70. The van der Waals surface area contributed by atoms with E-state index in [0.29, 0.717) is 48.8 Å². The van der Waals surface area contributed by atoms with Crippen molar-refractivity contribution in [3.63, 3.8) is 0 Å². The van der Waals surface area contributed by atoms with Crippen molar-refractivity contribution in [2.24, 2.45) is 0 Å². The maximum atomic E-state index is 13.7. The summed E-state index contributed by atoms with van der Waals surface area (Å²) in [7, 11) is 1.99. The molecule has 0 aliphatic carbocycles. The minimum Gasteiger partial charge on any atom is -0.366 e. The molecule has 126 valence electrons. The summed E-state index contributed by atoms with van der Waals surface area (Å²) in [6, 6.07) is 6.59. The minimum atomic E-state index is -4.83. The minimum absolute atomic E-state index is 0.245. The number of piperazine rings is 1. The predicted octanol–water partition coefficient (Wildman–Crippen LogP) is 2.73. The zero-order valence-electron chi connectivity index (χ0n) is 12.8. The number of benzene rings is 1. The highest BCUT2D eigenvalue weighted by Gasteiger charge is 2.36. The van der Waals surface area contributed by atoms with Gasteiger partial charge in [-0.3, -0.25) is 4.79 Å². The van der Waals surface area contributed by atoms with Crippen molar-refractivity contribution in [2.75, 3.05) is 33.2 Å². The van der Waals surface area contributed by atoms with Gasteiger partial charge in [-0.1, -0.05) is 18.2 Å². The molecule has 1 aliphatic rings. The molecule has 0 N–H and O–H groups in total. The Kier molecular flexibility index (Phi) is 5.09. The molecule has 1 fully saturated rings. The maximum absolute atomic E-state index is 13.7. The third-order valence-electron chi connectivity index (χ3n) is 4.08. The van der Waals surface area contributed by atoms with Crippen LogP contribution in [-0.4, -0.2) is 54.6 Å². The first-order valence-electron chi connectivity index (χ1n) is 7.30. The molecule has 23 heavy (non-hydrogen) atoms. The molecule has 7 heteroatoms. The quantitative estimate of drug-likeness (QED) is 0.480. The van der Waals surface area contributed by atoms with Crippen molar-refractivity contribution < 1.29 is 26.8 Å². The molecule has 2 rings (SSSR count). The third-order valence-corrected chi connectivity index (χ3v) is 4.08. The summed E-state index contributed by atoms with van der Waals surface area (Å²) in [6.45, 7) is 2.91. The van der Waals surface area contributed by atoms with E-state index in [1.165, 1.54) is 12.3 Å². The standard InChI is InChI=1S/C16H19F4N2O/c1-22(12-13-4-2-3-5-14(13)17)10-8-21(9-11-22)7-6-15(23)16(18,19)20/h2-7H,8-12H2,1H3/q+1/b7-6+. The van der Waals surface area contributed by atoms with Gasteiger partial charge in [0.05, 0.1) is 33.2 Å². The summed E-state index contributed by atoms with van der Waals surface area (Å²) in [6.07, 6.45) is -3.07. The highest BCUT2D eigenvalue weighted by atomic mass is 19.4. The number of hydrogen-bond acceptors (Lipinski definition) is 2. The number of rotatable bonds is 4. The Hall–Kier alpha value is -1.89. The Morgan fingerprint density at radius 3 is 2.43 bits per heavy atom. The van der Waals surface area contributed by atoms with Crippen LogP contribution in [0.1, 0.15) is 5.56 Å². The summed E-state index contributed by atoms with van der Waals surface area (Å²) in [4.78, 5) is 12.5. The van der Waals surface area contributed by atoms with E-state index in [9.17, 15) is 22.4 Å². The Balaban J connectivity index is 1.91. The van der Waals surface area contributed by atoms with Crippen LogP contribution in [0.15, 0.2) is 36.5 Å². The molecule has 0 unspecified atom stereocenters. The predicted molar refractivity (Wildman–Crippen MR) is 77.8 cm³/mol. The van der Waals surface area contributed by atoms with Crippen LogP contribution in [0.4, 0.5) is 17.6 Å². The van der Waals surface area contributed by atoms with Crippen molar-refractivity contribution in [2.45, 2.75) is 12.7 Å². The van der Waals surface area contributed by atoms with Crippen LogP contribution in [0.25, 0.3) is 0 Å². The lowest BCUT2D eigenvalue weighted by atomic mass is 10.1. The average Bonchev–Trinajstić information content (AvgIpc) is 2.48. The van der Waals surface area contributed by atoms with Crippen LogP contribution >= 0.6 is 0 Å². The molecule has 0 saturated carbocycles. The van der Waals surface area contributed by atoms with Crippen LogP contribution in [-0.2, 0) is 11.3 Å². The monoisotopic (exact) mass is 331 g/mol. The second-order valence-electron chi connectivity index (χ2n) is 6.03. The molecule has 3 nitrogen and oxygen atoms in total. The number of carbonyl (C=O) groups is 1. The summed E-state index contributed by atoms with van der Waals surface area (Å²) >= 11 is 0. The topological polar surface area (TPSA) is 20.3 Å². The van der Waals surface area contributed by atoms with Gasteiger partial charge in [0.2, 0.25) is 0 Å². The molecule has 0 radical (unpaired) electrons. The Morgan fingerprint density at radius 1 is 1.26 bits per heavy atom. The van der Waals surface area contributed by atoms with E-state index >= 15 is 0 Å². The fourth-order valence-electron chi connectivity index (χ4n) is 2.58. The summed E-state index contributed by atoms with van der Waals surface area (Å²) in [5, 5.41) is 0. The average molecular weight is 331 g/mol. The van der Waals surface area contributed by atoms with E-state index in [0.717, 1.165) is 0 Å². The summed E-state index contributed by atoms with van der Waals surface area (Å²) in [5.74, 6) is -2.10. The molecule has 1 heterocycles. The highest BCUT2D eigenvalue weighted by Crippen LogP contribution is 2.19. The summed E-state index contributed by atoms with van der Waals surface area (Å²) < 4.78 is 50.8. The van der Waals surface area contributed by atoms with Gasteiger partial charge >= 0.3 is 6.18 Å². The number of allylic oxidation sites excluding steroid dienone is 1. The van der Waals surface area contributed by atoms with Crippen LogP contribution in [0.3, 0.4) is 0 Å². The van der Waals surface area contributed by atoms with Gasteiger partial charge in [-0.2, -0.15) is 13.2 Å². The molecule has 0 aromatic heterocycles. The SMILES string of the molecule is C[N+]1(Cc2ccccc2F)CCN(/C=C/C(=O)C(F)(F)F)CC1. The number of alkyl halides is 3. The molecule has 1 saturated heterocycles. The molecule has 1 aromatic carbocycles. The lowest BCUT2D eigenvalue weighted by Crippen LogP contribution is -2.55. The number of carbonyl (C=O) groups excluding carboxylic acids is 1. The van der Waals surface area contributed by atoms with Crippen LogP contribution < -0.4 is 0 Å². The Bertz CT molecular complexity index is 590. The summed E-state index contributed by atoms with van der Waals surface area (Å²) in [5.41, 5.74) is 0.631. The molecule has 0 atom stereocenters. The number of quaternary nitrogens is 1. The van der Waals surface area contributed by atoms with E-state index in [2.05, 4.69) is 0 Å². The van der Waals surface area contributed by atoms with Gasteiger partial charge < -0.3 is 9.38 Å². The van der Waals surface area contributed by atoms with Gasteiger partial charge in [-0.05, 0) is 6.07 Å². The molecule has 0 spiro atoms. The largest absolute Gasteiger partial charge is 0.454 e. The van der Waals surface area contributed by atoms with Gasteiger partial charge in [0.15, 0.2) is 0 Å². The molecule has 1 aromatic rings. The van der Waals surface area contributed by atoms with Crippen LogP contribution in [0.5, 0.6) is 0 Å². The normalized spacial score (nSPS) is 18.4. The third kappa shape index (κ3) is 4.79. The first kappa shape index (κ1) is 17.5. The number of nitrogens with zero attached hydrogens (tertiary/aromatic N) is 2. The molecule has 0 amide bonds. The van der Waals surface area contributed by atoms with Crippen molar-refractivity contribution in [3.8, 4) is 0 Å². The lowest BCUT2D eigenvalue weighted by molar-refractivity contribution is -0.926. The van der Waals surface area contributed by atoms with Crippen molar-refractivity contribution in [1.82, 2.24) is 4.90 Å². The number of ketones is 1. The number of halogens is 4. The van der Waals surface area contributed by atoms with Gasteiger partial charge in [-0.15, -0.1) is 0 Å². The molecular formula is C16H19F4N2O+. The van der Waals surface area contributed by atoms with E-state index in [1.54, 1.807) is 23.1 Å². The molecule has 0 bridgehead atoms. The van der Waals surface area contributed by atoms with Crippen molar-refractivity contribution in [3.05, 3.63) is 47.9 Å². The Morgan fingerprint density at radius 2 is 1.87 bits per heavy atom. The molecule has 1 aliphatic heterocycles. The van der Waals surface area contributed by atoms with Crippen LogP contribution in [0.2, 0.25) is 0 Å². The van der Waals surface area contributed by atoms with Crippen molar-refractivity contribution >= 4 is 5.78 Å². The fraction of sp³-hybridized carbons (Fsp3) is 0.438. The van der Waals surface area contributed by atoms with Gasteiger partial charge in [0, 0.05) is 17.8 Å². The zero-order chi connectivity index (χ0) is 17.1. The first-order chi connectivity index (χ1) is 10.7. The smallest absolute Gasteiger partial charge is 0.366 e.